The molecular formula is C11H20N2O3. The van der Waals surface area contributed by atoms with Gasteiger partial charge in [0.25, 0.3) is 0 Å². The number of nitrogens with zero attached hydrogens (tertiary/aromatic N) is 2. The quantitative estimate of drug-likeness (QED) is 0.454. The van der Waals surface area contributed by atoms with Gasteiger partial charge in [-0.15, -0.1) is 0 Å². The maximum atomic E-state index is 10.9. The highest BCUT2D eigenvalue weighted by atomic mass is 16.6. The van der Waals surface area contributed by atoms with Crippen molar-refractivity contribution in [3.05, 3.63) is 0 Å². The van der Waals surface area contributed by atoms with Crippen molar-refractivity contribution in [3.8, 4) is 6.07 Å². The second-order valence-corrected chi connectivity index (χ2v) is 3.55. The maximum Gasteiger partial charge on any atom is 0.332 e. The van der Waals surface area contributed by atoms with Gasteiger partial charge in [-0.2, -0.15) is 5.26 Å². The Morgan fingerprint density at radius 1 is 1.56 bits per heavy atom. The predicted molar refractivity (Wildman–Crippen MR) is 59.8 cm³/mol. The van der Waals surface area contributed by atoms with E-state index in [0.29, 0.717) is 26.2 Å². The van der Waals surface area contributed by atoms with Crippen LogP contribution in [0.15, 0.2) is 0 Å². The van der Waals surface area contributed by atoms with Gasteiger partial charge >= 0.3 is 5.97 Å². The summed E-state index contributed by atoms with van der Waals surface area (Å²) in [7, 11) is 1.93. The van der Waals surface area contributed by atoms with E-state index in [9.17, 15) is 4.79 Å². The van der Waals surface area contributed by atoms with Crippen molar-refractivity contribution in [1.82, 2.24) is 4.90 Å². The fourth-order valence-corrected chi connectivity index (χ4v) is 1.08. The third kappa shape index (κ3) is 7.21. The topological polar surface area (TPSA) is 62.6 Å². The summed E-state index contributed by atoms with van der Waals surface area (Å²) in [5.41, 5.74) is 0. The van der Waals surface area contributed by atoms with Crippen LogP contribution in [0.4, 0.5) is 0 Å². The van der Waals surface area contributed by atoms with Crippen LogP contribution < -0.4 is 0 Å². The summed E-state index contributed by atoms with van der Waals surface area (Å²) in [6.07, 6.45) is 0.494. The van der Waals surface area contributed by atoms with Gasteiger partial charge in [-0.25, -0.2) is 4.79 Å². The van der Waals surface area contributed by atoms with Gasteiger partial charge in [-0.3, -0.25) is 0 Å². The first-order chi connectivity index (χ1) is 7.61. The highest BCUT2D eigenvalue weighted by Crippen LogP contribution is 1.99. The lowest BCUT2D eigenvalue weighted by atomic mass is 10.2. The first-order valence-corrected chi connectivity index (χ1v) is 5.42. The molecule has 1 atom stereocenters. The zero-order chi connectivity index (χ0) is 12.4. The molecule has 0 heterocycles. The smallest absolute Gasteiger partial charge is 0.332 e. The number of nitriles is 1. The van der Waals surface area contributed by atoms with Crippen LogP contribution >= 0.6 is 0 Å². The van der Waals surface area contributed by atoms with E-state index in [1.807, 2.05) is 18.9 Å². The molecule has 0 aliphatic carbocycles. The molecule has 0 aromatic heterocycles. The summed E-state index contributed by atoms with van der Waals surface area (Å²) in [5, 5.41) is 8.52. The number of esters is 1. The predicted octanol–water partition coefficient (Wildman–Crippen LogP) is 0.800. The zero-order valence-electron chi connectivity index (χ0n) is 10.2. The summed E-state index contributed by atoms with van der Waals surface area (Å²) >= 11 is 0. The molecule has 5 heteroatoms. The van der Waals surface area contributed by atoms with Crippen LogP contribution in [0.3, 0.4) is 0 Å². The molecule has 0 saturated heterocycles. The Morgan fingerprint density at radius 2 is 2.25 bits per heavy atom. The molecule has 0 radical (unpaired) electrons. The van der Waals surface area contributed by atoms with Crippen molar-refractivity contribution in [1.29, 1.82) is 5.26 Å². The number of hydrogen-bond acceptors (Lipinski definition) is 5. The fraction of sp³-hybridized carbons (Fsp3) is 0.818. The average Bonchev–Trinajstić information content (AvgIpc) is 2.24. The summed E-state index contributed by atoms with van der Waals surface area (Å²) in [4.78, 5) is 12.9. The molecule has 0 aromatic rings. The fourth-order valence-electron chi connectivity index (χ4n) is 1.08. The van der Waals surface area contributed by atoms with E-state index in [4.69, 9.17) is 14.7 Å². The van der Waals surface area contributed by atoms with E-state index in [2.05, 4.69) is 6.07 Å². The third-order valence-corrected chi connectivity index (χ3v) is 2.25. The maximum absolute atomic E-state index is 10.9. The molecule has 5 nitrogen and oxygen atoms in total. The summed E-state index contributed by atoms with van der Waals surface area (Å²) in [5.74, 6) is -0.338. The molecule has 0 aliphatic heterocycles. The van der Waals surface area contributed by atoms with Gasteiger partial charge in [-0.05, 0) is 20.9 Å². The summed E-state index contributed by atoms with van der Waals surface area (Å²) < 4.78 is 9.86. The molecule has 0 aliphatic rings. The number of likely N-dealkylation sites (N-methyl/N-ethyl adjacent to an activating group) is 1. The van der Waals surface area contributed by atoms with Crippen LogP contribution in [0.1, 0.15) is 20.3 Å². The molecule has 0 amide bonds. The molecule has 0 rings (SSSR count). The zero-order valence-corrected chi connectivity index (χ0v) is 10.2. The molecule has 92 valence electrons. The van der Waals surface area contributed by atoms with E-state index in [0.717, 1.165) is 0 Å². The molecule has 0 fully saturated rings. The van der Waals surface area contributed by atoms with Crippen LogP contribution in [-0.2, 0) is 14.3 Å². The van der Waals surface area contributed by atoms with Crippen molar-refractivity contribution in [2.24, 2.45) is 0 Å². The molecule has 0 aromatic carbocycles. The van der Waals surface area contributed by atoms with Crippen LogP contribution in [0, 0.1) is 11.3 Å². The molecule has 0 spiro atoms. The van der Waals surface area contributed by atoms with Crippen LogP contribution in [-0.4, -0.2) is 50.3 Å². The minimum Gasteiger partial charge on any atom is -0.464 e. The Labute approximate surface area is 96.9 Å². The number of ether oxygens (including phenoxy) is 2. The number of carbonyl (C=O) groups excluding carboxylic acids is 1. The highest BCUT2D eigenvalue weighted by molar-refractivity contribution is 5.70. The molecule has 1 unspecified atom stereocenters. The van der Waals surface area contributed by atoms with E-state index >= 15 is 0 Å². The lowest BCUT2D eigenvalue weighted by Crippen LogP contribution is -2.32. The van der Waals surface area contributed by atoms with Gasteiger partial charge in [0.2, 0.25) is 0 Å². The molecular weight excluding hydrogens is 208 g/mol. The van der Waals surface area contributed by atoms with E-state index in [1.54, 1.807) is 6.92 Å². The normalized spacial score (nSPS) is 12.2. The number of carbonyl (C=O) groups is 1. The first-order valence-electron chi connectivity index (χ1n) is 5.42. The Balaban J connectivity index is 3.51. The summed E-state index contributed by atoms with van der Waals surface area (Å²) in [6, 6.07) is 2.32. The second-order valence-electron chi connectivity index (χ2n) is 3.55. The van der Waals surface area contributed by atoms with Crippen molar-refractivity contribution in [2.45, 2.75) is 26.3 Å². The Kier molecular flexibility index (Phi) is 8.49. The van der Waals surface area contributed by atoms with Crippen molar-refractivity contribution in [2.75, 3.05) is 33.4 Å². The molecule has 0 saturated carbocycles. The number of hydrogen-bond donors (Lipinski definition) is 0. The summed E-state index contributed by atoms with van der Waals surface area (Å²) in [6.45, 7) is 5.27. The van der Waals surface area contributed by atoms with E-state index in [-0.39, 0.29) is 18.6 Å². The van der Waals surface area contributed by atoms with E-state index < -0.39 is 0 Å². The van der Waals surface area contributed by atoms with Crippen LogP contribution in [0.2, 0.25) is 0 Å². The largest absolute Gasteiger partial charge is 0.464 e. The monoisotopic (exact) mass is 228 g/mol. The van der Waals surface area contributed by atoms with E-state index in [1.165, 1.54) is 0 Å². The SMILES string of the molecule is CCOC(=O)COCCN(C)C(C)CC#N. The van der Waals surface area contributed by atoms with Crippen LogP contribution in [0.25, 0.3) is 0 Å². The van der Waals surface area contributed by atoms with Crippen molar-refractivity contribution >= 4 is 5.97 Å². The van der Waals surface area contributed by atoms with Gasteiger partial charge in [0, 0.05) is 12.6 Å². The van der Waals surface area contributed by atoms with Crippen molar-refractivity contribution < 1.29 is 14.3 Å². The molecule has 16 heavy (non-hydrogen) atoms. The van der Waals surface area contributed by atoms with Gasteiger partial charge < -0.3 is 14.4 Å². The van der Waals surface area contributed by atoms with Gasteiger partial charge in [0.05, 0.1) is 25.7 Å². The van der Waals surface area contributed by atoms with Gasteiger partial charge in [0.1, 0.15) is 6.61 Å². The van der Waals surface area contributed by atoms with Gasteiger partial charge in [-0.1, -0.05) is 0 Å². The molecule has 0 N–H and O–H groups in total. The standard InChI is InChI=1S/C11H20N2O3/c1-4-16-11(14)9-15-8-7-13(3)10(2)5-6-12/h10H,4-5,7-9H2,1-3H3. The van der Waals surface area contributed by atoms with Crippen molar-refractivity contribution in [3.63, 3.8) is 0 Å². The highest BCUT2D eigenvalue weighted by Gasteiger charge is 2.08. The Morgan fingerprint density at radius 3 is 2.81 bits per heavy atom. The number of rotatable bonds is 8. The lowest BCUT2D eigenvalue weighted by Gasteiger charge is -2.22. The minimum atomic E-state index is -0.338. The lowest BCUT2D eigenvalue weighted by molar-refractivity contribution is -0.148. The second kappa shape index (κ2) is 9.13. The first kappa shape index (κ1) is 14.9. The Hall–Kier alpha value is -1.12. The van der Waals surface area contributed by atoms with Crippen LogP contribution in [0.5, 0.6) is 0 Å². The minimum absolute atomic E-state index is 0.00564. The Bertz CT molecular complexity index is 238. The average molecular weight is 228 g/mol. The van der Waals surface area contributed by atoms with Gasteiger partial charge in [0.15, 0.2) is 0 Å². The molecule has 0 bridgehead atoms. The third-order valence-electron chi connectivity index (χ3n) is 2.25.